The highest BCUT2D eigenvalue weighted by Gasteiger charge is 2.37. The van der Waals surface area contributed by atoms with Gasteiger partial charge in [0.1, 0.15) is 0 Å². The molecular weight excluding hydrogens is 454 g/mol. The van der Waals surface area contributed by atoms with Crippen molar-refractivity contribution in [2.75, 3.05) is 14.2 Å². The Morgan fingerprint density at radius 2 is 1.75 bits per heavy atom. The number of nitrogens with one attached hydrogen (secondary N) is 1. The van der Waals surface area contributed by atoms with Gasteiger partial charge >= 0.3 is 0 Å². The first-order valence-electron chi connectivity index (χ1n) is 12.1. The number of hydrogen-bond donors (Lipinski definition) is 1. The van der Waals surface area contributed by atoms with Crippen LogP contribution >= 0.6 is 0 Å². The van der Waals surface area contributed by atoms with Crippen molar-refractivity contribution in [1.82, 2.24) is 35.4 Å². The molecule has 0 aliphatic heterocycles. The van der Waals surface area contributed by atoms with Gasteiger partial charge in [-0.1, -0.05) is 74.7 Å². The molecule has 0 saturated carbocycles. The van der Waals surface area contributed by atoms with Crippen LogP contribution in [0.5, 0.6) is 0 Å². The Morgan fingerprint density at radius 1 is 1.00 bits per heavy atom. The van der Waals surface area contributed by atoms with Crippen molar-refractivity contribution in [2.24, 2.45) is 0 Å². The first-order valence-corrected chi connectivity index (χ1v) is 12.1. The van der Waals surface area contributed by atoms with Crippen molar-refractivity contribution in [3.8, 4) is 34.4 Å². The molecule has 4 rings (SSSR count). The summed E-state index contributed by atoms with van der Waals surface area (Å²) in [7, 11) is 3.25. The number of ether oxygens (including phenoxy) is 2. The monoisotopic (exact) mass is 485 g/mol. The van der Waals surface area contributed by atoms with Gasteiger partial charge in [-0.2, -0.15) is 10.2 Å². The van der Waals surface area contributed by atoms with Crippen LogP contribution in [-0.2, 0) is 21.8 Å². The molecule has 2 aromatic heterocycles. The predicted molar refractivity (Wildman–Crippen MR) is 137 cm³/mol. The summed E-state index contributed by atoms with van der Waals surface area (Å²) in [5, 5.41) is 19.3. The molecule has 0 fully saturated rings. The van der Waals surface area contributed by atoms with Gasteiger partial charge in [0.05, 0.1) is 6.54 Å². The molecule has 4 aromatic rings. The zero-order chi connectivity index (χ0) is 25.4. The van der Waals surface area contributed by atoms with E-state index in [1.807, 2.05) is 35.9 Å². The highest BCUT2D eigenvalue weighted by atomic mass is 16.7. The minimum Gasteiger partial charge on any atom is -0.347 e. The van der Waals surface area contributed by atoms with Crippen molar-refractivity contribution in [2.45, 2.75) is 51.9 Å². The Bertz CT molecular complexity index is 1310. The molecule has 0 spiro atoms. The van der Waals surface area contributed by atoms with Crippen molar-refractivity contribution in [3.05, 3.63) is 65.7 Å². The number of benzene rings is 2. The van der Waals surface area contributed by atoms with Crippen LogP contribution in [0.2, 0.25) is 0 Å². The maximum atomic E-state index is 5.78. The molecule has 9 heteroatoms. The zero-order valence-electron chi connectivity index (χ0n) is 21.2. The van der Waals surface area contributed by atoms with Crippen LogP contribution in [0.25, 0.3) is 22.5 Å². The molecule has 0 bridgehead atoms. The van der Waals surface area contributed by atoms with E-state index >= 15 is 0 Å². The number of H-pyrrole nitrogens is 1. The van der Waals surface area contributed by atoms with E-state index in [1.165, 1.54) is 0 Å². The first-order chi connectivity index (χ1) is 17.6. The van der Waals surface area contributed by atoms with Gasteiger partial charge in [-0.25, -0.2) is 4.68 Å². The van der Waals surface area contributed by atoms with E-state index in [4.69, 9.17) is 19.6 Å². The molecule has 0 aliphatic carbocycles. The summed E-state index contributed by atoms with van der Waals surface area (Å²) < 4.78 is 13.4. The summed E-state index contributed by atoms with van der Waals surface area (Å²) in [5.74, 6) is 6.91. The zero-order valence-corrected chi connectivity index (χ0v) is 21.2. The number of methoxy groups -OCH3 is 2. The van der Waals surface area contributed by atoms with Gasteiger partial charge in [0.2, 0.25) is 23.3 Å². The number of nitrogens with zero attached hydrogens (tertiary/aromatic N) is 6. The summed E-state index contributed by atoms with van der Waals surface area (Å²) in [6.07, 6.45) is 3.33. The van der Waals surface area contributed by atoms with E-state index in [9.17, 15) is 0 Å². The SMILES string of the molecule is CCC#Cc1nc(C(CCCC)(OC)OC)nn1Cc1ccc(-c2ccccc2-c2nn[nH]n2)cc1. The Balaban J connectivity index is 1.64. The van der Waals surface area contributed by atoms with Crippen LogP contribution in [-0.4, -0.2) is 49.6 Å². The second-order valence-electron chi connectivity index (χ2n) is 8.31. The Morgan fingerprint density at radius 3 is 2.39 bits per heavy atom. The van der Waals surface area contributed by atoms with Crippen LogP contribution in [0.4, 0.5) is 0 Å². The molecule has 1 N–H and O–H groups in total. The van der Waals surface area contributed by atoms with Crippen LogP contribution < -0.4 is 0 Å². The molecule has 36 heavy (non-hydrogen) atoms. The number of aromatic amines is 1. The average Bonchev–Trinajstić information content (AvgIpc) is 3.60. The first kappa shape index (κ1) is 25.2. The highest BCUT2D eigenvalue weighted by molar-refractivity contribution is 5.80. The molecule has 0 amide bonds. The fourth-order valence-corrected chi connectivity index (χ4v) is 4.03. The van der Waals surface area contributed by atoms with E-state index in [2.05, 4.69) is 63.7 Å². The third-order valence-corrected chi connectivity index (χ3v) is 6.02. The number of unbranched alkanes of at least 4 members (excludes halogenated alkanes) is 1. The van der Waals surface area contributed by atoms with Gasteiger partial charge in [-0.3, -0.25) is 0 Å². The Kier molecular flexibility index (Phi) is 8.21. The minimum atomic E-state index is -0.993. The van der Waals surface area contributed by atoms with Crippen molar-refractivity contribution in [3.63, 3.8) is 0 Å². The van der Waals surface area contributed by atoms with E-state index in [0.29, 0.717) is 30.4 Å². The third kappa shape index (κ3) is 5.35. The van der Waals surface area contributed by atoms with Gasteiger partial charge in [-0.15, -0.1) is 15.3 Å². The van der Waals surface area contributed by atoms with Crippen molar-refractivity contribution >= 4 is 0 Å². The van der Waals surface area contributed by atoms with Gasteiger partial charge in [-0.05, 0) is 34.2 Å². The number of rotatable bonds is 10. The lowest BCUT2D eigenvalue weighted by Gasteiger charge is -2.27. The summed E-state index contributed by atoms with van der Waals surface area (Å²) in [5.41, 5.74) is 4.08. The molecule has 0 unspecified atom stereocenters. The Labute approximate surface area is 211 Å². The fourth-order valence-electron chi connectivity index (χ4n) is 4.03. The number of aromatic nitrogens is 7. The highest BCUT2D eigenvalue weighted by Crippen LogP contribution is 2.31. The summed E-state index contributed by atoms with van der Waals surface area (Å²) in [4.78, 5) is 4.72. The normalized spacial score (nSPS) is 11.3. The number of hydrogen-bond acceptors (Lipinski definition) is 7. The van der Waals surface area contributed by atoms with E-state index in [-0.39, 0.29) is 0 Å². The molecule has 0 aliphatic rings. The second kappa shape index (κ2) is 11.7. The lowest BCUT2D eigenvalue weighted by molar-refractivity contribution is -0.226. The van der Waals surface area contributed by atoms with Gasteiger partial charge in [0, 0.05) is 32.6 Å². The molecule has 2 aromatic carbocycles. The van der Waals surface area contributed by atoms with Crippen LogP contribution in [0.3, 0.4) is 0 Å². The largest absolute Gasteiger partial charge is 0.347 e. The van der Waals surface area contributed by atoms with Crippen LogP contribution in [0, 0.1) is 11.8 Å². The smallest absolute Gasteiger partial charge is 0.231 e. The molecular formula is C27H31N7O2. The van der Waals surface area contributed by atoms with Crippen LogP contribution in [0.15, 0.2) is 48.5 Å². The quantitative estimate of drug-likeness (QED) is 0.259. The lowest BCUT2D eigenvalue weighted by atomic mass is 9.98. The molecule has 186 valence electrons. The van der Waals surface area contributed by atoms with E-state index in [1.54, 1.807) is 14.2 Å². The molecule has 9 nitrogen and oxygen atoms in total. The molecule has 0 radical (unpaired) electrons. The maximum absolute atomic E-state index is 5.78. The molecule has 2 heterocycles. The van der Waals surface area contributed by atoms with Gasteiger partial charge in [0.15, 0.2) is 0 Å². The summed E-state index contributed by atoms with van der Waals surface area (Å²) in [6.45, 7) is 4.66. The summed E-state index contributed by atoms with van der Waals surface area (Å²) in [6, 6.07) is 16.3. The van der Waals surface area contributed by atoms with Crippen LogP contribution in [0.1, 0.15) is 56.7 Å². The number of tetrazole rings is 1. The third-order valence-electron chi connectivity index (χ3n) is 6.02. The van der Waals surface area contributed by atoms with Crippen molar-refractivity contribution < 1.29 is 9.47 Å². The minimum absolute atomic E-state index is 0.493. The topological polar surface area (TPSA) is 104 Å². The standard InChI is InChI=1S/C27H31N7O2/c1-5-7-13-24-28-26(27(35-3,36-4)18-8-6-2)31-34(24)19-20-14-16-21(17-15-20)22-11-9-10-12-23(22)25-29-32-33-30-25/h9-12,14-17H,5-6,8,18-19H2,1-4H3,(H,29,30,32,33). The van der Waals surface area contributed by atoms with Crippen molar-refractivity contribution in [1.29, 1.82) is 0 Å². The van der Waals surface area contributed by atoms with E-state index in [0.717, 1.165) is 41.5 Å². The maximum Gasteiger partial charge on any atom is 0.231 e. The Hall–Kier alpha value is -3.87. The van der Waals surface area contributed by atoms with E-state index < -0.39 is 5.79 Å². The molecule has 0 atom stereocenters. The van der Waals surface area contributed by atoms with Gasteiger partial charge in [0.25, 0.3) is 0 Å². The average molecular weight is 486 g/mol. The molecule has 0 saturated heterocycles. The fraction of sp³-hybridized carbons (Fsp3) is 0.370. The summed E-state index contributed by atoms with van der Waals surface area (Å²) >= 11 is 0. The lowest BCUT2D eigenvalue weighted by Crippen LogP contribution is -2.32. The van der Waals surface area contributed by atoms with Gasteiger partial charge < -0.3 is 9.47 Å². The second-order valence-corrected chi connectivity index (χ2v) is 8.31. The predicted octanol–water partition coefficient (Wildman–Crippen LogP) is 4.57.